The van der Waals surface area contributed by atoms with E-state index in [0.717, 1.165) is 40.6 Å². The molecule has 0 radical (unpaired) electrons. The molecule has 5 nitrogen and oxygen atoms in total. The molecule has 0 aliphatic carbocycles. The standard InChI is InChI=1S/C23H23N3O2/c1-4-5-12-25-22(27)18-14-17-8-6-7-9-20(17)26(21(18)24-23(25)28)19-11-10-15(2)13-16(19)3/h6-11,13-14H,4-5,12H2,1-3H3. The van der Waals surface area contributed by atoms with Crippen LogP contribution in [0.1, 0.15) is 30.9 Å². The third-order valence-electron chi connectivity index (χ3n) is 5.17. The molecule has 2 aromatic rings. The molecule has 0 bridgehead atoms. The van der Waals surface area contributed by atoms with E-state index in [1.165, 1.54) is 4.57 Å². The van der Waals surface area contributed by atoms with Crippen molar-refractivity contribution in [1.82, 2.24) is 14.1 Å². The SMILES string of the molecule is CCCCn1c(=O)nc2n(-c3ccc(C)cc3C)c3ccccc3cc-2c1=O. The highest BCUT2D eigenvalue weighted by Gasteiger charge is 2.21. The molecule has 2 aliphatic heterocycles. The van der Waals surface area contributed by atoms with Crippen molar-refractivity contribution in [3.63, 3.8) is 0 Å². The number of rotatable bonds is 4. The molecule has 142 valence electrons. The third kappa shape index (κ3) is 2.93. The number of hydrogen-bond donors (Lipinski definition) is 0. The molecule has 0 saturated heterocycles. The highest BCUT2D eigenvalue weighted by atomic mass is 16.2. The van der Waals surface area contributed by atoms with Crippen molar-refractivity contribution >= 4 is 10.9 Å². The number of nitrogens with zero attached hydrogens (tertiary/aromatic N) is 3. The predicted octanol–water partition coefficient (Wildman–Crippen LogP) is 4.07. The number of hydrogen-bond acceptors (Lipinski definition) is 3. The zero-order valence-corrected chi connectivity index (χ0v) is 16.4. The van der Waals surface area contributed by atoms with Crippen molar-refractivity contribution in [2.75, 3.05) is 0 Å². The number of aryl methyl sites for hydroxylation is 2. The van der Waals surface area contributed by atoms with E-state index in [1.807, 2.05) is 67.8 Å². The molecule has 2 aromatic carbocycles. The quantitative estimate of drug-likeness (QED) is 0.507. The first-order valence-electron chi connectivity index (χ1n) is 9.64. The predicted molar refractivity (Wildman–Crippen MR) is 113 cm³/mol. The van der Waals surface area contributed by atoms with Crippen molar-refractivity contribution in [2.24, 2.45) is 0 Å². The summed E-state index contributed by atoms with van der Waals surface area (Å²) in [6.07, 6.45) is 1.68. The van der Waals surface area contributed by atoms with Gasteiger partial charge >= 0.3 is 5.69 Å². The fourth-order valence-corrected chi connectivity index (χ4v) is 3.73. The summed E-state index contributed by atoms with van der Waals surface area (Å²) in [4.78, 5) is 30.1. The second kappa shape index (κ2) is 7.08. The summed E-state index contributed by atoms with van der Waals surface area (Å²) >= 11 is 0. The minimum absolute atomic E-state index is 0.271. The maximum Gasteiger partial charge on any atom is 0.352 e. The lowest BCUT2D eigenvalue weighted by Gasteiger charge is -2.20. The number of aromatic nitrogens is 3. The topological polar surface area (TPSA) is 56.9 Å². The molecular weight excluding hydrogens is 350 g/mol. The third-order valence-corrected chi connectivity index (χ3v) is 5.17. The van der Waals surface area contributed by atoms with E-state index in [0.29, 0.717) is 17.9 Å². The summed E-state index contributed by atoms with van der Waals surface area (Å²) in [6.45, 7) is 6.51. The van der Waals surface area contributed by atoms with Gasteiger partial charge in [-0.15, -0.1) is 0 Å². The van der Waals surface area contributed by atoms with Crippen LogP contribution in [0.2, 0.25) is 0 Å². The Morgan fingerprint density at radius 2 is 1.79 bits per heavy atom. The van der Waals surface area contributed by atoms with Crippen LogP contribution in [0.25, 0.3) is 28.0 Å². The van der Waals surface area contributed by atoms with Gasteiger partial charge in [-0.25, -0.2) is 4.79 Å². The highest BCUT2D eigenvalue weighted by Crippen LogP contribution is 2.29. The Labute approximate surface area is 163 Å². The van der Waals surface area contributed by atoms with Crippen LogP contribution in [0, 0.1) is 13.8 Å². The van der Waals surface area contributed by atoms with Gasteiger partial charge in [0.2, 0.25) is 0 Å². The zero-order valence-electron chi connectivity index (χ0n) is 16.4. The largest absolute Gasteiger partial charge is 0.352 e. The van der Waals surface area contributed by atoms with E-state index in [9.17, 15) is 9.59 Å². The van der Waals surface area contributed by atoms with Gasteiger partial charge in [0.1, 0.15) is 0 Å². The van der Waals surface area contributed by atoms with Crippen LogP contribution in [-0.4, -0.2) is 14.1 Å². The minimum Gasteiger partial charge on any atom is -0.293 e. The summed E-state index contributed by atoms with van der Waals surface area (Å²) in [5.41, 5.74) is 3.77. The molecule has 4 rings (SSSR count). The van der Waals surface area contributed by atoms with E-state index < -0.39 is 5.69 Å². The molecule has 2 aliphatic rings. The number of fused-ring (bicyclic) bond motifs is 2. The van der Waals surface area contributed by atoms with Gasteiger partial charge in [-0.3, -0.25) is 13.9 Å². The number of para-hydroxylation sites is 1. The number of unbranched alkanes of at least 4 members (excludes halogenated alkanes) is 1. The summed E-state index contributed by atoms with van der Waals surface area (Å²) in [5, 5.41) is 0.939. The summed E-state index contributed by atoms with van der Waals surface area (Å²) in [7, 11) is 0. The first kappa shape index (κ1) is 18.2. The van der Waals surface area contributed by atoms with Crippen LogP contribution in [0.3, 0.4) is 0 Å². The normalized spacial score (nSPS) is 11.4. The Bertz CT molecular complexity index is 1270. The molecule has 0 atom stereocenters. The molecule has 0 amide bonds. The van der Waals surface area contributed by atoms with Crippen LogP contribution in [0.5, 0.6) is 0 Å². The van der Waals surface area contributed by atoms with Crippen molar-refractivity contribution in [2.45, 2.75) is 40.2 Å². The first-order valence-corrected chi connectivity index (χ1v) is 9.64. The maximum absolute atomic E-state index is 13.1. The Morgan fingerprint density at radius 1 is 1.00 bits per heavy atom. The van der Waals surface area contributed by atoms with Gasteiger partial charge in [-0.2, -0.15) is 4.98 Å². The molecule has 28 heavy (non-hydrogen) atoms. The molecule has 0 saturated carbocycles. The Morgan fingerprint density at radius 3 is 2.54 bits per heavy atom. The first-order chi connectivity index (χ1) is 13.5. The van der Waals surface area contributed by atoms with Gasteiger partial charge in [0.05, 0.1) is 16.8 Å². The smallest absolute Gasteiger partial charge is 0.293 e. The lowest BCUT2D eigenvalue weighted by molar-refractivity contribution is 0.582. The molecule has 0 N–H and O–H groups in total. The van der Waals surface area contributed by atoms with Crippen molar-refractivity contribution in [3.05, 3.63) is 80.5 Å². The van der Waals surface area contributed by atoms with Gasteiger partial charge in [0, 0.05) is 6.54 Å². The molecular formula is C23H23N3O2. The van der Waals surface area contributed by atoms with Crippen LogP contribution < -0.4 is 11.2 Å². The van der Waals surface area contributed by atoms with Crippen LogP contribution in [0.4, 0.5) is 0 Å². The molecule has 5 heteroatoms. The van der Waals surface area contributed by atoms with Crippen LogP contribution in [-0.2, 0) is 6.54 Å². The van der Waals surface area contributed by atoms with Crippen LogP contribution in [0.15, 0.2) is 58.1 Å². The minimum atomic E-state index is -0.486. The summed E-state index contributed by atoms with van der Waals surface area (Å²) < 4.78 is 3.19. The average Bonchev–Trinajstić information content (AvgIpc) is 2.67. The Hall–Kier alpha value is -3.21. The molecule has 2 heterocycles. The van der Waals surface area contributed by atoms with E-state index >= 15 is 0 Å². The van der Waals surface area contributed by atoms with Crippen molar-refractivity contribution in [1.29, 1.82) is 0 Å². The highest BCUT2D eigenvalue weighted by molar-refractivity contribution is 5.87. The number of pyridine rings is 1. The van der Waals surface area contributed by atoms with Gasteiger partial charge in [0.15, 0.2) is 5.82 Å². The lowest BCUT2D eigenvalue weighted by Crippen LogP contribution is -2.38. The van der Waals surface area contributed by atoms with Crippen LogP contribution >= 0.6 is 0 Å². The fraction of sp³-hybridized carbons (Fsp3) is 0.261. The lowest BCUT2D eigenvalue weighted by atomic mass is 10.1. The second-order valence-corrected chi connectivity index (χ2v) is 7.27. The zero-order chi connectivity index (χ0) is 19.8. The van der Waals surface area contributed by atoms with Crippen molar-refractivity contribution < 1.29 is 0 Å². The maximum atomic E-state index is 13.1. The molecule has 0 spiro atoms. The summed E-state index contributed by atoms with van der Waals surface area (Å²) in [6, 6.07) is 15.9. The number of benzene rings is 2. The monoisotopic (exact) mass is 373 g/mol. The fourth-order valence-electron chi connectivity index (χ4n) is 3.73. The molecule has 0 fully saturated rings. The van der Waals surface area contributed by atoms with E-state index in [-0.39, 0.29) is 5.56 Å². The van der Waals surface area contributed by atoms with Gasteiger partial charge < -0.3 is 0 Å². The second-order valence-electron chi connectivity index (χ2n) is 7.27. The molecule has 0 unspecified atom stereocenters. The van der Waals surface area contributed by atoms with Gasteiger partial charge in [-0.1, -0.05) is 49.2 Å². The average molecular weight is 373 g/mol. The van der Waals surface area contributed by atoms with E-state index in [4.69, 9.17) is 0 Å². The van der Waals surface area contributed by atoms with Gasteiger partial charge in [-0.05, 0) is 49.4 Å². The Kier molecular flexibility index (Phi) is 4.59. The van der Waals surface area contributed by atoms with Crippen molar-refractivity contribution in [3.8, 4) is 17.1 Å². The van der Waals surface area contributed by atoms with Gasteiger partial charge in [0.25, 0.3) is 5.56 Å². The van der Waals surface area contributed by atoms with E-state index in [2.05, 4.69) is 11.1 Å². The Balaban J connectivity index is 2.15. The van der Waals surface area contributed by atoms with E-state index in [1.54, 1.807) is 0 Å². The summed E-state index contributed by atoms with van der Waals surface area (Å²) in [5.74, 6) is 0.411. The molecule has 0 aromatic heterocycles.